The van der Waals surface area contributed by atoms with Crippen LogP contribution in [0.2, 0.25) is 0 Å². The van der Waals surface area contributed by atoms with Crippen LogP contribution in [0.3, 0.4) is 0 Å². The first-order valence-corrected chi connectivity index (χ1v) is 14.4. The minimum Gasteiger partial charge on any atom is -0.392 e. The van der Waals surface area contributed by atoms with E-state index in [-0.39, 0.29) is 23.0 Å². The van der Waals surface area contributed by atoms with Gasteiger partial charge < -0.3 is 36.5 Å². The summed E-state index contributed by atoms with van der Waals surface area (Å²) >= 11 is 0. The maximum atomic E-state index is 11.2. The first kappa shape index (κ1) is 29.3. The molecule has 0 saturated heterocycles. The average Bonchev–Trinajstić information content (AvgIpc) is 3.15. The van der Waals surface area contributed by atoms with Gasteiger partial charge in [-0.15, -0.1) is 0 Å². The van der Waals surface area contributed by atoms with E-state index in [4.69, 9.17) is 31.4 Å². The molecule has 3 aliphatic carbocycles. The number of fused-ring (bicyclic) bond motifs is 1. The highest BCUT2D eigenvalue weighted by Gasteiger charge is 2.62. The highest BCUT2D eigenvalue weighted by Crippen LogP contribution is 2.63. The zero-order valence-electron chi connectivity index (χ0n) is 22.8. The second-order valence-electron chi connectivity index (χ2n) is 12.1. The molecule has 0 aromatic heterocycles. The normalized spacial score (nSPS) is 41.7. The molecule has 0 amide bonds. The predicted molar refractivity (Wildman–Crippen MR) is 141 cm³/mol. The van der Waals surface area contributed by atoms with Crippen molar-refractivity contribution in [1.29, 1.82) is 0 Å². The van der Waals surface area contributed by atoms with Gasteiger partial charge in [-0.2, -0.15) is 0 Å². The Morgan fingerprint density at radius 2 is 1.49 bits per heavy atom. The quantitative estimate of drug-likeness (QED) is 0.272. The van der Waals surface area contributed by atoms with Crippen LogP contribution < -0.4 is 17.2 Å². The van der Waals surface area contributed by atoms with E-state index in [1.807, 2.05) is 0 Å². The fraction of sp³-hybridized carbons (Fsp3) is 1.00. The molecular formula is C28H55N3O4. The minimum atomic E-state index is -0.320. The van der Waals surface area contributed by atoms with E-state index in [2.05, 4.69) is 20.8 Å². The van der Waals surface area contributed by atoms with Gasteiger partial charge in [-0.1, -0.05) is 20.8 Å². The molecule has 0 heterocycles. The number of aliphatic hydroxyl groups is 1. The summed E-state index contributed by atoms with van der Waals surface area (Å²) in [7, 11) is 0. The molecule has 3 fully saturated rings. The third kappa shape index (κ3) is 6.42. The second kappa shape index (κ2) is 13.5. The van der Waals surface area contributed by atoms with Gasteiger partial charge in [0.2, 0.25) is 0 Å². The number of ether oxygens (including phenoxy) is 3. The van der Waals surface area contributed by atoms with Crippen LogP contribution in [0.1, 0.15) is 78.6 Å². The van der Waals surface area contributed by atoms with Crippen molar-refractivity contribution in [1.82, 2.24) is 0 Å². The Labute approximate surface area is 214 Å². The van der Waals surface area contributed by atoms with E-state index in [1.54, 1.807) is 0 Å². The lowest BCUT2D eigenvalue weighted by Gasteiger charge is -2.59. The van der Waals surface area contributed by atoms with Crippen molar-refractivity contribution in [2.45, 2.75) is 96.9 Å². The van der Waals surface area contributed by atoms with Crippen molar-refractivity contribution in [2.75, 3.05) is 46.1 Å². The van der Waals surface area contributed by atoms with E-state index in [1.165, 1.54) is 0 Å². The van der Waals surface area contributed by atoms with Gasteiger partial charge in [-0.3, -0.25) is 0 Å². The van der Waals surface area contributed by atoms with Crippen LogP contribution in [0.15, 0.2) is 0 Å². The van der Waals surface area contributed by atoms with E-state index >= 15 is 0 Å². The van der Waals surface area contributed by atoms with Crippen LogP contribution >= 0.6 is 0 Å². The molecule has 2 unspecified atom stereocenters. The monoisotopic (exact) mass is 497 g/mol. The van der Waals surface area contributed by atoms with Gasteiger partial charge in [0, 0.05) is 31.8 Å². The largest absolute Gasteiger partial charge is 0.392 e. The molecule has 3 rings (SSSR count). The Bertz CT molecular complexity index is 625. The molecule has 0 radical (unpaired) electrons. The lowest BCUT2D eigenvalue weighted by molar-refractivity contribution is -0.189. The summed E-state index contributed by atoms with van der Waals surface area (Å²) in [6.07, 6.45) is 9.00. The van der Waals surface area contributed by atoms with E-state index in [0.717, 1.165) is 71.0 Å². The van der Waals surface area contributed by atoms with Crippen LogP contribution in [0, 0.1) is 34.5 Å². The minimum absolute atomic E-state index is 0.0596. The van der Waals surface area contributed by atoms with Crippen LogP contribution in [0.5, 0.6) is 0 Å². The summed E-state index contributed by atoms with van der Waals surface area (Å²) in [6, 6.07) is 0. The van der Waals surface area contributed by atoms with Crippen molar-refractivity contribution in [3.05, 3.63) is 0 Å². The topological polar surface area (TPSA) is 126 Å². The molecule has 0 aliphatic heterocycles. The first-order valence-electron chi connectivity index (χ1n) is 14.4. The summed E-state index contributed by atoms with van der Waals surface area (Å²) in [6.45, 7) is 12.1. The molecule has 0 aromatic rings. The molecule has 7 nitrogen and oxygen atoms in total. The van der Waals surface area contributed by atoms with Crippen molar-refractivity contribution in [3.8, 4) is 0 Å². The lowest BCUT2D eigenvalue weighted by atomic mass is 9.49. The van der Waals surface area contributed by atoms with Crippen LogP contribution in [0.25, 0.3) is 0 Å². The molecule has 3 aliphatic rings. The lowest BCUT2D eigenvalue weighted by Crippen LogP contribution is -2.58. The second-order valence-corrected chi connectivity index (χ2v) is 12.1. The van der Waals surface area contributed by atoms with Gasteiger partial charge in [0.25, 0.3) is 0 Å². The van der Waals surface area contributed by atoms with Crippen molar-refractivity contribution < 1.29 is 19.3 Å². The van der Waals surface area contributed by atoms with Crippen molar-refractivity contribution in [2.24, 2.45) is 51.7 Å². The standard InChI is InChI=1S/C28H55N3O4/c1-20-17-21(34-15-5-12-30)9-10-27(20,2)24-18-26(35-16-6-13-31)28(3)23(7-8-25(28)32)22(24)19-33-14-4-11-29/h20-26,32H,4-19,29-31H2,1-3H3/t20?,21-,22?,23+,24+,25+,26+,27+,28+/m1/s1. The molecule has 35 heavy (non-hydrogen) atoms. The number of aliphatic hydroxyl groups excluding tert-OH is 1. The summed E-state index contributed by atoms with van der Waals surface area (Å²) in [4.78, 5) is 0. The Morgan fingerprint density at radius 1 is 0.829 bits per heavy atom. The Kier molecular flexibility index (Phi) is 11.3. The molecule has 0 aromatic carbocycles. The van der Waals surface area contributed by atoms with Crippen LogP contribution in [0.4, 0.5) is 0 Å². The number of nitrogens with two attached hydrogens (primary N) is 3. The molecule has 0 bridgehead atoms. The number of hydrogen-bond acceptors (Lipinski definition) is 7. The van der Waals surface area contributed by atoms with Crippen molar-refractivity contribution in [3.63, 3.8) is 0 Å². The summed E-state index contributed by atoms with van der Waals surface area (Å²) in [5.41, 5.74) is 17.1. The summed E-state index contributed by atoms with van der Waals surface area (Å²) < 4.78 is 19.0. The molecule has 7 N–H and O–H groups in total. The number of hydrogen-bond donors (Lipinski definition) is 4. The molecule has 0 spiro atoms. The highest BCUT2D eigenvalue weighted by atomic mass is 16.5. The molecule has 9 atom stereocenters. The Balaban J connectivity index is 1.82. The zero-order valence-corrected chi connectivity index (χ0v) is 22.8. The Morgan fingerprint density at radius 3 is 2.14 bits per heavy atom. The molecule has 7 heteroatoms. The summed E-state index contributed by atoms with van der Waals surface area (Å²) in [5.74, 6) is 1.87. The maximum Gasteiger partial charge on any atom is 0.0659 e. The third-order valence-electron chi connectivity index (χ3n) is 10.2. The van der Waals surface area contributed by atoms with Crippen LogP contribution in [-0.4, -0.2) is 69.5 Å². The van der Waals surface area contributed by atoms with Crippen LogP contribution in [-0.2, 0) is 14.2 Å². The number of rotatable bonds is 14. The zero-order chi connectivity index (χ0) is 25.5. The van der Waals surface area contributed by atoms with E-state index in [0.29, 0.717) is 62.6 Å². The van der Waals surface area contributed by atoms with E-state index < -0.39 is 0 Å². The first-order chi connectivity index (χ1) is 16.8. The molecule has 3 saturated carbocycles. The van der Waals surface area contributed by atoms with Gasteiger partial charge in [0.05, 0.1) is 18.3 Å². The fourth-order valence-electron chi connectivity index (χ4n) is 7.76. The van der Waals surface area contributed by atoms with Gasteiger partial charge >= 0.3 is 0 Å². The molecular weight excluding hydrogens is 442 g/mol. The summed E-state index contributed by atoms with van der Waals surface area (Å²) in [5, 5.41) is 11.2. The molecule has 206 valence electrons. The fourth-order valence-corrected chi connectivity index (χ4v) is 7.76. The van der Waals surface area contributed by atoms with E-state index in [9.17, 15) is 5.11 Å². The van der Waals surface area contributed by atoms with Gasteiger partial charge in [-0.05, 0) is 107 Å². The average molecular weight is 498 g/mol. The van der Waals surface area contributed by atoms with Gasteiger partial charge in [0.1, 0.15) is 0 Å². The predicted octanol–water partition coefficient (Wildman–Crippen LogP) is 3.06. The smallest absolute Gasteiger partial charge is 0.0659 e. The van der Waals surface area contributed by atoms with Crippen molar-refractivity contribution >= 4 is 0 Å². The van der Waals surface area contributed by atoms with Gasteiger partial charge in [0.15, 0.2) is 0 Å². The maximum absolute atomic E-state index is 11.2. The SMILES string of the molecule is CC1C[C@H](OCCCN)CC[C@]1(C)[C@H]1C[C@H](OCCCN)[C@]2(C)[C@@H](O)CC[C@H]2C1COCCCN. The Hall–Kier alpha value is -0.280. The highest BCUT2D eigenvalue weighted by molar-refractivity contribution is 5.11. The third-order valence-corrected chi connectivity index (χ3v) is 10.2. The van der Waals surface area contributed by atoms with Gasteiger partial charge in [-0.25, -0.2) is 0 Å².